The highest BCUT2D eigenvalue weighted by atomic mass is 79.9. The lowest BCUT2D eigenvalue weighted by molar-refractivity contribution is -0.119. The van der Waals surface area contributed by atoms with Gasteiger partial charge in [0, 0.05) is 5.38 Å². The molecular formula is C15H17BrN4O3S. The average molecular weight is 413 g/mol. The number of hydrogen-bond donors (Lipinski definition) is 2. The van der Waals surface area contributed by atoms with E-state index in [2.05, 4.69) is 31.4 Å². The van der Waals surface area contributed by atoms with Gasteiger partial charge in [0.25, 0.3) is 5.91 Å². The first-order chi connectivity index (χ1) is 11.5. The molecule has 0 aliphatic rings. The molecule has 0 saturated heterocycles. The molecule has 0 spiro atoms. The van der Waals surface area contributed by atoms with E-state index >= 15 is 0 Å². The van der Waals surface area contributed by atoms with Gasteiger partial charge in [0.2, 0.25) is 5.13 Å². The number of anilines is 1. The van der Waals surface area contributed by atoms with Gasteiger partial charge in [0.05, 0.1) is 23.0 Å². The van der Waals surface area contributed by atoms with Crippen LogP contribution in [0.4, 0.5) is 5.13 Å². The lowest BCUT2D eigenvalue weighted by atomic mass is 10.2. The molecule has 9 heteroatoms. The topological polar surface area (TPSA) is 98.8 Å². The van der Waals surface area contributed by atoms with Crippen molar-refractivity contribution in [1.29, 1.82) is 0 Å². The van der Waals surface area contributed by atoms with E-state index in [1.165, 1.54) is 11.3 Å². The number of nitrogens with one attached hydrogen (secondary N) is 1. The third-order valence-corrected chi connectivity index (χ3v) is 4.14. The number of carbonyl (C=O) groups excluding carboxylic acids is 1. The molecule has 2 rings (SSSR count). The largest absolute Gasteiger partial charge is 0.490 e. The Morgan fingerprint density at radius 1 is 1.50 bits per heavy atom. The van der Waals surface area contributed by atoms with Crippen molar-refractivity contribution >= 4 is 44.5 Å². The molecular weight excluding hydrogens is 396 g/mol. The van der Waals surface area contributed by atoms with Crippen LogP contribution in [-0.2, 0) is 4.79 Å². The quantitative estimate of drug-likeness (QED) is 0.512. The normalized spacial score (nSPS) is 10.8. The zero-order valence-electron chi connectivity index (χ0n) is 13.2. The smallest absolute Gasteiger partial charge is 0.255 e. The van der Waals surface area contributed by atoms with E-state index < -0.39 is 5.91 Å². The maximum atomic E-state index is 10.9. The number of thiazole rings is 1. The zero-order chi connectivity index (χ0) is 17.5. The summed E-state index contributed by atoms with van der Waals surface area (Å²) in [5, 5.41) is 6.81. The predicted octanol–water partition coefficient (Wildman–Crippen LogP) is 2.92. The Balaban J connectivity index is 2.16. The summed E-state index contributed by atoms with van der Waals surface area (Å²) in [5.74, 6) is 0.369. The van der Waals surface area contributed by atoms with Gasteiger partial charge < -0.3 is 15.2 Å². The van der Waals surface area contributed by atoms with E-state index in [0.29, 0.717) is 27.7 Å². The summed E-state index contributed by atoms with van der Waals surface area (Å²) < 4.78 is 11.6. The number of hydrogen-bond acceptors (Lipinski definition) is 7. The first-order valence-electron chi connectivity index (χ1n) is 7.08. The second-order valence-electron chi connectivity index (χ2n) is 4.68. The van der Waals surface area contributed by atoms with E-state index in [4.69, 9.17) is 15.2 Å². The van der Waals surface area contributed by atoms with Gasteiger partial charge in [-0.15, -0.1) is 11.3 Å². The van der Waals surface area contributed by atoms with Crippen LogP contribution < -0.4 is 20.6 Å². The molecule has 0 saturated carbocycles. The number of aromatic nitrogens is 1. The molecule has 0 fully saturated rings. The summed E-state index contributed by atoms with van der Waals surface area (Å²) in [6, 6.07) is 3.57. The van der Waals surface area contributed by atoms with Crippen molar-refractivity contribution in [2.24, 2.45) is 10.8 Å². The third kappa shape index (κ3) is 5.20. The number of amides is 1. The number of nitrogens with zero attached hydrogens (tertiary/aromatic N) is 2. The van der Waals surface area contributed by atoms with Crippen LogP contribution in [0.2, 0.25) is 0 Å². The van der Waals surface area contributed by atoms with Gasteiger partial charge in [0.15, 0.2) is 18.1 Å². The SMILES string of the molecule is CCOc1cc(C=NNc2nc(C)cs2)cc(Br)c1OCC(N)=O. The first-order valence-corrected chi connectivity index (χ1v) is 8.75. The third-order valence-electron chi connectivity index (χ3n) is 2.68. The molecule has 0 unspecified atom stereocenters. The highest BCUT2D eigenvalue weighted by molar-refractivity contribution is 9.10. The van der Waals surface area contributed by atoms with Crippen molar-refractivity contribution in [3.63, 3.8) is 0 Å². The number of primary amides is 1. The van der Waals surface area contributed by atoms with Crippen molar-refractivity contribution in [3.05, 3.63) is 33.2 Å². The van der Waals surface area contributed by atoms with Crippen LogP contribution in [0.25, 0.3) is 0 Å². The number of aryl methyl sites for hydroxylation is 1. The summed E-state index contributed by atoms with van der Waals surface area (Å²) in [7, 11) is 0. The molecule has 0 radical (unpaired) electrons. The summed E-state index contributed by atoms with van der Waals surface area (Å²) in [6.45, 7) is 4.01. The second-order valence-corrected chi connectivity index (χ2v) is 6.39. The van der Waals surface area contributed by atoms with Crippen LogP contribution in [0.5, 0.6) is 11.5 Å². The molecule has 128 valence electrons. The summed E-state index contributed by atoms with van der Waals surface area (Å²) >= 11 is 4.89. The number of carbonyl (C=O) groups is 1. The van der Waals surface area contributed by atoms with Gasteiger partial charge in [-0.05, 0) is 47.5 Å². The van der Waals surface area contributed by atoms with Gasteiger partial charge in [-0.25, -0.2) is 4.98 Å². The van der Waals surface area contributed by atoms with Gasteiger partial charge in [-0.2, -0.15) is 5.10 Å². The number of benzene rings is 1. The fraction of sp³-hybridized carbons (Fsp3) is 0.267. The fourth-order valence-electron chi connectivity index (χ4n) is 1.78. The first kappa shape index (κ1) is 18.2. The monoisotopic (exact) mass is 412 g/mol. The van der Waals surface area contributed by atoms with Crippen LogP contribution in [-0.4, -0.2) is 30.3 Å². The van der Waals surface area contributed by atoms with Crippen LogP contribution in [0.1, 0.15) is 18.2 Å². The average Bonchev–Trinajstić information content (AvgIpc) is 2.92. The molecule has 7 nitrogen and oxygen atoms in total. The maximum Gasteiger partial charge on any atom is 0.255 e. The van der Waals surface area contributed by atoms with Crippen molar-refractivity contribution in [1.82, 2.24) is 4.98 Å². The van der Waals surface area contributed by atoms with Crippen LogP contribution in [0.3, 0.4) is 0 Å². The molecule has 0 aliphatic heterocycles. The predicted molar refractivity (Wildman–Crippen MR) is 98.1 cm³/mol. The Morgan fingerprint density at radius 2 is 2.29 bits per heavy atom. The second kappa shape index (κ2) is 8.65. The van der Waals surface area contributed by atoms with Gasteiger partial charge in [-0.1, -0.05) is 0 Å². The minimum atomic E-state index is -0.557. The maximum absolute atomic E-state index is 10.9. The molecule has 0 aliphatic carbocycles. The lowest BCUT2D eigenvalue weighted by Crippen LogP contribution is -2.20. The zero-order valence-corrected chi connectivity index (χ0v) is 15.6. The molecule has 3 N–H and O–H groups in total. The van der Waals surface area contributed by atoms with Crippen LogP contribution >= 0.6 is 27.3 Å². The van der Waals surface area contributed by atoms with E-state index in [9.17, 15) is 4.79 Å². The molecule has 1 heterocycles. The summed E-state index contributed by atoms with van der Waals surface area (Å²) in [6.07, 6.45) is 1.64. The Kier molecular flexibility index (Phi) is 6.56. The Hall–Kier alpha value is -2.13. The highest BCUT2D eigenvalue weighted by Gasteiger charge is 2.12. The lowest BCUT2D eigenvalue weighted by Gasteiger charge is -2.13. The Morgan fingerprint density at radius 3 is 2.92 bits per heavy atom. The summed E-state index contributed by atoms with van der Waals surface area (Å²) in [4.78, 5) is 15.2. The Bertz CT molecular complexity index is 748. The summed E-state index contributed by atoms with van der Waals surface area (Å²) in [5.41, 5.74) is 9.71. The van der Waals surface area contributed by atoms with Crippen molar-refractivity contribution in [2.75, 3.05) is 18.6 Å². The van der Waals surface area contributed by atoms with Crippen LogP contribution in [0, 0.1) is 6.92 Å². The number of halogens is 1. The standard InChI is InChI=1S/C15H17BrN4O3S/c1-3-22-12-5-10(4-11(16)14(12)23-7-13(17)21)6-18-20-15-19-9(2)8-24-15/h4-6,8H,3,7H2,1-2H3,(H2,17,21)(H,19,20). The highest BCUT2D eigenvalue weighted by Crippen LogP contribution is 2.36. The van der Waals surface area contributed by atoms with Crippen LogP contribution in [0.15, 0.2) is 27.1 Å². The van der Waals surface area contributed by atoms with Gasteiger partial charge in [-0.3, -0.25) is 10.2 Å². The van der Waals surface area contributed by atoms with Crippen molar-refractivity contribution in [2.45, 2.75) is 13.8 Å². The molecule has 24 heavy (non-hydrogen) atoms. The van der Waals surface area contributed by atoms with E-state index in [0.717, 1.165) is 11.3 Å². The minimum Gasteiger partial charge on any atom is -0.490 e. The molecule has 0 bridgehead atoms. The van der Waals surface area contributed by atoms with Gasteiger partial charge >= 0.3 is 0 Å². The number of ether oxygens (including phenoxy) is 2. The van der Waals surface area contributed by atoms with Gasteiger partial charge in [0.1, 0.15) is 0 Å². The van der Waals surface area contributed by atoms with E-state index in [-0.39, 0.29) is 6.61 Å². The molecule has 1 amide bonds. The number of nitrogens with two attached hydrogens (primary N) is 1. The molecule has 1 aromatic heterocycles. The van der Waals surface area contributed by atoms with E-state index in [1.807, 2.05) is 19.2 Å². The molecule has 1 aromatic carbocycles. The minimum absolute atomic E-state index is 0.225. The van der Waals surface area contributed by atoms with Crippen molar-refractivity contribution < 1.29 is 14.3 Å². The Labute approximate surface area is 152 Å². The number of hydrazone groups is 1. The number of rotatable bonds is 8. The fourth-order valence-corrected chi connectivity index (χ4v) is 2.99. The van der Waals surface area contributed by atoms with E-state index in [1.54, 1.807) is 18.3 Å². The molecule has 0 atom stereocenters. The molecule has 2 aromatic rings. The van der Waals surface area contributed by atoms with Crippen molar-refractivity contribution in [3.8, 4) is 11.5 Å².